The molecular formula is C12H10F5IO4S. The maximum Gasteiger partial charge on any atom is 0.432 e. The summed E-state index contributed by atoms with van der Waals surface area (Å²) in [4.78, 5) is 0. The van der Waals surface area contributed by atoms with E-state index in [4.69, 9.17) is 4.55 Å². The van der Waals surface area contributed by atoms with E-state index in [1.165, 1.54) is 41.6 Å². The Kier molecular flexibility index (Phi) is 5.69. The second kappa shape index (κ2) is 6.51. The number of benzene rings is 1. The minimum absolute atomic E-state index is 0.0352. The van der Waals surface area contributed by atoms with Gasteiger partial charge in [0.1, 0.15) is 5.75 Å². The van der Waals surface area contributed by atoms with Gasteiger partial charge in [-0.05, 0) is 47.2 Å². The highest BCUT2D eigenvalue weighted by Gasteiger charge is 2.65. The number of hydrogen-bond acceptors (Lipinski definition) is 3. The monoisotopic (exact) mass is 472 g/mol. The summed E-state index contributed by atoms with van der Waals surface area (Å²) in [5.74, 6) is -0.614. The Morgan fingerprint density at radius 1 is 1.30 bits per heavy atom. The van der Waals surface area contributed by atoms with Crippen molar-refractivity contribution in [3.63, 3.8) is 0 Å². The molecule has 0 heterocycles. The first-order chi connectivity index (χ1) is 10.2. The van der Waals surface area contributed by atoms with Gasteiger partial charge in [0.2, 0.25) is 0 Å². The van der Waals surface area contributed by atoms with E-state index in [1.807, 2.05) is 0 Å². The molecule has 23 heavy (non-hydrogen) atoms. The Bertz CT molecular complexity index is 715. The van der Waals surface area contributed by atoms with Gasteiger partial charge in [0, 0.05) is 0 Å². The van der Waals surface area contributed by atoms with Crippen molar-refractivity contribution in [1.29, 1.82) is 0 Å². The van der Waals surface area contributed by atoms with Crippen LogP contribution in [0.5, 0.6) is 5.75 Å². The van der Waals surface area contributed by atoms with Crippen LogP contribution in [-0.2, 0) is 10.1 Å². The second-order valence-corrected chi connectivity index (χ2v) is 7.16. The van der Waals surface area contributed by atoms with Gasteiger partial charge in [-0.25, -0.2) is 0 Å². The van der Waals surface area contributed by atoms with Gasteiger partial charge in [0.25, 0.3) is 6.10 Å². The van der Waals surface area contributed by atoms with E-state index in [2.05, 4.69) is 11.3 Å². The van der Waals surface area contributed by atoms with E-state index in [9.17, 15) is 30.4 Å². The number of allylic oxidation sites excluding steroid dienone is 1. The number of rotatable bonds is 5. The van der Waals surface area contributed by atoms with E-state index in [-0.39, 0.29) is 3.57 Å². The average Bonchev–Trinajstić information content (AvgIpc) is 2.34. The molecule has 0 fully saturated rings. The van der Waals surface area contributed by atoms with Crippen molar-refractivity contribution in [2.45, 2.75) is 24.5 Å². The Morgan fingerprint density at radius 3 is 2.22 bits per heavy atom. The van der Waals surface area contributed by atoms with Gasteiger partial charge in [0.15, 0.2) is 0 Å². The normalized spacial score (nSPS) is 14.4. The van der Waals surface area contributed by atoms with Gasteiger partial charge in [-0.1, -0.05) is 18.2 Å². The minimum atomic E-state index is -6.34. The fraction of sp³-hybridized carbons (Fsp3) is 0.333. The van der Waals surface area contributed by atoms with Crippen molar-refractivity contribution in [2.75, 3.05) is 0 Å². The van der Waals surface area contributed by atoms with Gasteiger partial charge in [-0.2, -0.15) is 30.4 Å². The third-order valence-electron chi connectivity index (χ3n) is 2.62. The first-order valence-corrected chi connectivity index (χ1v) is 8.23. The van der Waals surface area contributed by atoms with Gasteiger partial charge >= 0.3 is 21.5 Å². The van der Waals surface area contributed by atoms with Crippen LogP contribution in [0, 0.1) is 3.57 Å². The third kappa shape index (κ3) is 4.53. The highest BCUT2D eigenvalue weighted by Crippen LogP contribution is 2.39. The predicted molar refractivity (Wildman–Crippen MR) is 80.8 cm³/mol. The molecule has 1 aromatic carbocycles. The maximum absolute atomic E-state index is 13.5. The largest absolute Gasteiger partial charge is 0.472 e. The van der Waals surface area contributed by atoms with E-state index >= 15 is 0 Å². The molecule has 0 aliphatic heterocycles. The Labute approximate surface area is 142 Å². The van der Waals surface area contributed by atoms with Crippen LogP contribution in [-0.4, -0.2) is 30.5 Å². The molecule has 1 atom stereocenters. The average molecular weight is 472 g/mol. The lowest BCUT2D eigenvalue weighted by molar-refractivity contribution is -0.239. The highest BCUT2D eigenvalue weighted by atomic mass is 127. The van der Waals surface area contributed by atoms with E-state index in [1.54, 1.807) is 0 Å². The summed E-state index contributed by atoms with van der Waals surface area (Å²) >= 11 is 1.53. The molecule has 130 valence electrons. The summed E-state index contributed by atoms with van der Waals surface area (Å²) in [6.45, 7) is 5.08. The third-order valence-corrected chi connectivity index (χ3v) is 4.41. The topological polar surface area (TPSA) is 63.6 Å². The van der Waals surface area contributed by atoms with Crippen LogP contribution in [0.2, 0.25) is 0 Å². The van der Waals surface area contributed by atoms with Crippen molar-refractivity contribution in [3.8, 4) is 5.75 Å². The zero-order chi connectivity index (χ0) is 18.2. The molecule has 1 rings (SSSR count). The van der Waals surface area contributed by atoms with Crippen LogP contribution in [0.15, 0.2) is 24.8 Å². The molecule has 4 nitrogen and oxygen atoms in total. The zero-order valence-electron chi connectivity index (χ0n) is 11.4. The van der Waals surface area contributed by atoms with Gasteiger partial charge in [0.05, 0.1) is 3.57 Å². The van der Waals surface area contributed by atoms with Crippen LogP contribution in [0.3, 0.4) is 0 Å². The SMILES string of the molecule is C=C(C)c1ccc(I)c(OC(C(F)(F)F)C(F)(F)S(=O)(=O)O)c1. The molecule has 0 aromatic heterocycles. The smallest absolute Gasteiger partial charge is 0.432 e. The van der Waals surface area contributed by atoms with Gasteiger partial charge < -0.3 is 4.74 Å². The quantitative estimate of drug-likeness (QED) is 0.398. The number of hydrogen-bond donors (Lipinski definition) is 1. The predicted octanol–water partition coefficient (Wildman–Crippen LogP) is 4.11. The summed E-state index contributed by atoms with van der Waals surface area (Å²) < 4.78 is 99.3. The maximum atomic E-state index is 13.5. The first-order valence-electron chi connectivity index (χ1n) is 5.71. The number of ether oxygens (including phenoxy) is 1. The second-order valence-electron chi connectivity index (χ2n) is 4.50. The lowest BCUT2D eigenvalue weighted by atomic mass is 10.1. The number of alkyl halides is 5. The summed E-state index contributed by atoms with van der Waals surface area (Å²) in [7, 11) is -6.34. The van der Waals surface area contributed by atoms with Crippen LogP contribution in [0.1, 0.15) is 12.5 Å². The van der Waals surface area contributed by atoms with E-state index in [0.717, 1.165) is 6.07 Å². The molecule has 11 heteroatoms. The molecule has 1 aromatic rings. The summed E-state index contributed by atoms with van der Waals surface area (Å²) in [6.07, 6.45) is -9.82. The molecule has 0 amide bonds. The minimum Gasteiger partial charge on any atom is -0.472 e. The molecular weight excluding hydrogens is 462 g/mol. The Hall–Kier alpha value is -0.950. The number of halogens is 6. The first kappa shape index (κ1) is 20.1. The van der Waals surface area contributed by atoms with Crippen molar-refractivity contribution in [1.82, 2.24) is 0 Å². The van der Waals surface area contributed by atoms with Crippen molar-refractivity contribution in [3.05, 3.63) is 33.9 Å². The molecule has 0 aliphatic carbocycles. The molecule has 0 saturated carbocycles. The zero-order valence-corrected chi connectivity index (χ0v) is 14.3. The molecule has 1 N–H and O–H groups in total. The van der Waals surface area contributed by atoms with Crippen LogP contribution in [0.25, 0.3) is 5.57 Å². The summed E-state index contributed by atoms with van der Waals surface area (Å²) in [5.41, 5.74) is 0.743. The summed E-state index contributed by atoms with van der Waals surface area (Å²) in [5, 5.41) is -5.58. The fourth-order valence-corrected chi connectivity index (χ4v) is 2.36. The molecule has 0 spiro atoms. The van der Waals surface area contributed by atoms with Gasteiger partial charge in [-0.15, -0.1) is 0 Å². The molecule has 0 saturated heterocycles. The van der Waals surface area contributed by atoms with E-state index < -0.39 is 33.4 Å². The van der Waals surface area contributed by atoms with Gasteiger partial charge in [-0.3, -0.25) is 4.55 Å². The van der Waals surface area contributed by atoms with Crippen LogP contribution < -0.4 is 4.74 Å². The van der Waals surface area contributed by atoms with Crippen LogP contribution >= 0.6 is 22.6 Å². The molecule has 1 unspecified atom stereocenters. The Morgan fingerprint density at radius 2 is 1.83 bits per heavy atom. The highest BCUT2D eigenvalue weighted by molar-refractivity contribution is 14.1. The molecule has 0 radical (unpaired) electrons. The Balaban J connectivity index is 3.40. The molecule has 0 aliphatic rings. The lowest BCUT2D eigenvalue weighted by Crippen LogP contribution is -2.53. The fourth-order valence-electron chi connectivity index (χ4n) is 1.45. The molecule has 0 bridgehead atoms. The van der Waals surface area contributed by atoms with E-state index in [0.29, 0.717) is 11.1 Å². The lowest BCUT2D eigenvalue weighted by Gasteiger charge is -2.27. The summed E-state index contributed by atoms with van der Waals surface area (Å²) in [6, 6.07) is 3.78. The van der Waals surface area contributed by atoms with Crippen molar-refractivity contribution < 1.29 is 39.7 Å². The van der Waals surface area contributed by atoms with Crippen molar-refractivity contribution >= 4 is 38.3 Å². The van der Waals surface area contributed by atoms with Crippen LogP contribution in [0.4, 0.5) is 22.0 Å². The standard InChI is InChI=1S/C12H10F5IO4S/c1-6(2)7-3-4-8(18)9(5-7)22-10(11(13,14)15)12(16,17)23(19,20)21/h3-5,10H,1H2,2H3,(H,19,20,21). The van der Waals surface area contributed by atoms with Crippen molar-refractivity contribution in [2.24, 2.45) is 0 Å².